The second kappa shape index (κ2) is 5.43. The standard InChI is InChI=1S/C14H20N6O/c1-9-5-7-10(8-6-9)16-18-13-19-17-11(14(2,3)4)12(21)20(13)15/h5-8,16H,15H2,1-4H3,(H,18,19). The number of anilines is 2. The van der Waals surface area contributed by atoms with Crippen molar-refractivity contribution in [1.29, 1.82) is 0 Å². The number of benzene rings is 1. The molecule has 0 aliphatic heterocycles. The minimum Gasteiger partial charge on any atom is -0.333 e. The Morgan fingerprint density at radius 1 is 1.10 bits per heavy atom. The molecule has 2 rings (SSSR count). The SMILES string of the molecule is Cc1ccc(NNc2nnc(C(C)(C)C)c(=O)n2N)cc1. The molecule has 7 heteroatoms. The Balaban J connectivity index is 2.20. The maximum absolute atomic E-state index is 12.2. The Morgan fingerprint density at radius 3 is 2.29 bits per heavy atom. The highest BCUT2D eigenvalue weighted by molar-refractivity contribution is 5.48. The van der Waals surface area contributed by atoms with Gasteiger partial charge in [0, 0.05) is 5.41 Å². The van der Waals surface area contributed by atoms with Crippen LogP contribution in [0.4, 0.5) is 11.6 Å². The number of aryl methyl sites for hydroxylation is 1. The Kier molecular flexibility index (Phi) is 3.84. The molecule has 1 heterocycles. The summed E-state index contributed by atoms with van der Waals surface area (Å²) in [4.78, 5) is 12.2. The monoisotopic (exact) mass is 288 g/mol. The lowest BCUT2D eigenvalue weighted by Gasteiger charge is -2.18. The zero-order valence-electron chi connectivity index (χ0n) is 12.6. The number of hydrazine groups is 1. The Labute approximate surface area is 123 Å². The summed E-state index contributed by atoms with van der Waals surface area (Å²) in [6, 6.07) is 7.73. The largest absolute Gasteiger partial charge is 0.333 e. The molecule has 0 bridgehead atoms. The number of aromatic nitrogens is 3. The number of rotatable bonds is 3. The van der Waals surface area contributed by atoms with Gasteiger partial charge >= 0.3 is 0 Å². The Bertz CT molecular complexity index is 684. The van der Waals surface area contributed by atoms with Crippen LogP contribution in [0.2, 0.25) is 0 Å². The van der Waals surface area contributed by atoms with E-state index in [9.17, 15) is 4.79 Å². The van der Waals surface area contributed by atoms with E-state index in [2.05, 4.69) is 21.0 Å². The van der Waals surface area contributed by atoms with Gasteiger partial charge in [-0.1, -0.05) is 38.5 Å². The van der Waals surface area contributed by atoms with Crippen LogP contribution in [-0.4, -0.2) is 14.9 Å². The van der Waals surface area contributed by atoms with Gasteiger partial charge in [-0.15, -0.1) is 10.2 Å². The van der Waals surface area contributed by atoms with E-state index in [1.807, 2.05) is 52.0 Å². The lowest BCUT2D eigenvalue weighted by molar-refractivity contribution is 0.539. The van der Waals surface area contributed by atoms with Crippen molar-refractivity contribution < 1.29 is 0 Å². The van der Waals surface area contributed by atoms with E-state index >= 15 is 0 Å². The Morgan fingerprint density at radius 2 is 1.71 bits per heavy atom. The van der Waals surface area contributed by atoms with Gasteiger partial charge in [0.25, 0.3) is 11.5 Å². The van der Waals surface area contributed by atoms with Gasteiger partial charge in [-0.25, -0.2) is 0 Å². The first-order chi connectivity index (χ1) is 9.79. The number of nitrogens with one attached hydrogen (secondary N) is 2. The maximum atomic E-state index is 12.2. The topological polar surface area (TPSA) is 97.9 Å². The highest BCUT2D eigenvalue weighted by Gasteiger charge is 2.22. The number of hydrogen-bond acceptors (Lipinski definition) is 6. The van der Waals surface area contributed by atoms with Crippen LogP contribution in [0.3, 0.4) is 0 Å². The summed E-state index contributed by atoms with van der Waals surface area (Å²) < 4.78 is 0.953. The van der Waals surface area contributed by atoms with Gasteiger partial charge in [-0.2, -0.15) is 4.68 Å². The van der Waals surface area contributed by atoms with Crippen molar-refractivity contribution in [3.63, 3.8) is 0 Å². The van der Waals surface area contributed by atoms with Gasteiger partial charge in [-0.3, -0.25) is 15.6 Å². The second-order valence-corrected chi connectivity index (χ2v) is 5.91. The van der Waals surface area contributed by atoms with Gasteiger partial charge < -0.3 is 5.84 Å². The summed E-state index contributed by atoms with van der Waals surface area (Å²) in [5.74, 6) is 5.91. The summed E-state index contributed by atoms with van der Waals surface area (Å²) in [5, 5.41) is 7.92. The lowest BCUT2D eigenvalue weighted by atomic mass is 9.93. The van der Waals surface area contributed by atoms with Gasteiger partial charge in [0.15, 0.2) is 0 Å². The fourth-order valence-corrected chi connectivity index (χ4v) is 1.72. The molecular weight excluding hydrogens is 268 g/mol. The van der Waals surface area contributed by atoms with Crippen LogP contribution in [0.25, 0.3) is 0 Å². The van der Waals surface area contributed by atoms with E-state index in [4.69, 9.17) is 5.84 Å². The van der Waals surface area contributed by atoms with E-state index in [0.29, 0.717) is 5.69 Å². The third-order valence-corrected chi connectivity index (χ3v) is 2.97. The predicted octanol–water partition coefficient (Wildman–Crippen LogP) is 1.40. The molecule has 7 nitrogen and oxygen atoms in total. The average Bonchev–Trinajstić information content (AvgIpc) is 2.41. The fourth-order valence-electron chi connectivity index (χ4n) is 1.72. The van der Waals surface area contributed by atoms with Crippen LogP contribution < -0.4 is 22.3 Å². The second-order valence-electron chi connectivity index (χ2n) is 5.91. The van der Waals surface area contributed by atoms with Gasteiger partial charge in [0.1, 0.15) is 5.69 Å². The van der Waals surface area contributed by atoms with E-state index < -0.39 is 5.41 Å². The molecule has 0 atom stereocenters. The van der Waals surface area contributed by atoms with Crippen molar-refractivity contribution in [3.8, 4) is 0 Å². The number of hydrogen-bond donors (Lipinski definition) is 3. The van der Waals surface area contributed by atoms with Crippen LogP contribution in [-0.2, 0) is 5.41 Å². The van der Waals surface area contributed by atoms with E-state index in [-0.39, 0.29) is 11.5 Å². The van der Waals surface area contributed by atoms with Crippen LogP contribution in [0, 0.1) is 6.92 Å². The molecule has 0 spiro atoms. The lowest BCUT2D eigenvalue weighted by Crippen LogP contribution is -2.39. The normalized spacial score (nSPS) is 11.2. The van der Waals surface area contributed by atoms with E-state index in [1.165, 1.54) is 0 Å². The molecule has 21 heavy (non-hydrogen) atoms. The molecule has 0 aliphatic carbocycles. The van der Waals surface area contributed by atoms with Gasteiger partial charge in [-0.05, 0) is 19.1 Å². The maximum Gasteiger partial charge on any atom is 0.295 e. The number of nitrogen functional groups attached to an aromatic ring is 1. The van der Waals surface area contributed by atoms with Crippen molar-refractivity contribution >= 4 is 11.6 Å². The number of nitrogens with zero attached hydrogens (tertiary/aromatic N) is 3. The fraction of sp³-hybridized carbons (Fsp3) is 0.357. The quantitative estimate of drug-likeness (QED) is 0.583. The molecule has 0 aliphatic rings. The summed E-state index contributed by atoms with van der Waals surface area (Å²) in [7, 11) is 0. The summed E-state index contributed by atoms with van der Waals surface area (Å²) in [6.07, 6.45) is 0. The third kappa shape index (κ3) is 3.31. The minimum absolute atomic E-state index is 0.147. The van der Waals surface area contributed by atoms with Gasteiger partial charge in [0.2, 0.25) is 0 Å². The smallest absolute Gasteiger partial charge is 0.295 e. The van der Waals surface area contributed by atoms with Crippen LogP contribution in [0.15, 0.2) is 29.1 Å². The molecule has 1 aromatic heterocycles. The molecule has 4 N–H and O–H groups in total. The molecule has 112 valence electrons. The molecule has 2 aromatic rings. The number of nitrogens with two attached hydrogens (primary N) is 1. The van der Waals surface area contributed by atoms with Crippen LogP contribution in [0.5, 0.6) is 0 Å². The van der Waals surface area contributed by atoms with E-state index in [1.54, 1.807) is 0 Å². The first-order valence-electron chi connectivity index (χ1n) is 6.63. The molecule has 0 saturated heterocycles. The van der Waals surface area contributed by atoms with Gasteiger partial charge in [0.05, 0.1) is 5.69 Å². The first kappa shape index (κ1) is 14.8. The van der Waals surface area contributed by atoms with Crippen molar-refractivity contribution in [2.45, 2.75) is 33.1 Å². The van der Waals surface area contributed by atoms with Crippen molar-refractivity contribution in [1.82, 2.24) is 14.9 Å². The van der Waals surface area contributed by atoms with Crippen molar-refractivity contribution in [2.24, 2.45) is 0 Å². The highest BCUT2D eigenvalue weighted by Crippen LogP contribution is 2.15. The summed E-state index contributed by atoms with van der Waals surface area (Å²) >= 11 is 0. The zero-order valence-corrected chi connectivity index (χ0v) is 12.6. The average molecular weight is 288 g/mol. The predicted molar refractivity (Wildman–Crippen MR) is 83.6 cm³/mol. The first-order valence-corrected chi connectivity index (χ1v) is 6.63. The highest BCUT2D eigenvalue weighted by atomic mass is 16.1. The third-order valence-electron chi connectivity index (χ3n) is 2.97. The van der Waals surface area contributed by atoms with Crippen LogP contribution >= 0.6 is 0 Å². The Hall–Kier alpha value is -2.57. The summed E-state index contributed by atoms with van der Waals surface area (Å²) in [5.41, 5.74) is 7.24. The molecule has 0 fully saturated rings. The zero-order chi connectivity index (χ0) is 15.6. The molecule has 0 unspecified atom stereocenters. The molecule has 0 amide bonds. The molecule has 1 aromatic carbocycles. The molecule has 0 saturated carbocycles. The summed E-state index contributed by atoms with van der Waals surface area (Å²) in [6.45, 7) is 7.66. The van der Waals surface area contributed by atoms with Crippen molar-refractivity contribution in [2.75, 3.05) is 16.7 Å². The van der Waals surface area contributed by atoms with E-state index in [0.717, 1.165) is 15.9 Å². The minimum atomic E-state index is -0.409. The molecular formula is C14H20N6O. The van der Waals surface area contributed by atoms with Crippen LogP contribution in [0.1, 0.15) is 32.0 Å². The molecule has 0 radical (unpaired) electrons. The van der Waals surface area contributed by atoms with Crippen molar-refractivity contribution in [3.05, 3.63) is 45.9 Å².